The average Bonchev–Trinajstić information content (AvgIpc) is 2.89. The van der Waals surface area contributed by atoms with Crippen LogP contribution in [0.3, 0.4) is 0 Å². The van der Waals surface area contributed by atoms with Crippen LogP contribution in [0, 0.1) is 12.3 Å². The zero-order valence-electron chi connectivity index (χ0n) is 17.1. The van der Waals surface area contributed by atoms with Gasteiger partial charge in [0, 0.05) is 29.5 Å². The first kappa shape index (κ1) is 18.0. The first-order chi connectivity index (χ1) is 12.6. The van der Waals surface area contributed by atoms with Crippen LogP contribution in [0.15, 0.2) is 35.7 Å². The number of nitrogens with zero attached hydrogens (tertiary/aromatic N) is 3. The molecule has 0 radical (unpaired) electrons. The van der Waals surface area contributed by atoms with Gasteiger partial charge in [0.05, 0.1) is 22.8 Å². The lowest BCUT2D eigenvalue weighted by atomic mass is 9.70. The van der Waals surface area contributed by atoms with Gasteiger partial charge in [-0.2, -0.15) is 5.10 Å². The molecule has 4 rings (SSSR count). The van der Waals surface area contributed by atoms with E-state index in [0.29, 0.717) is 6.42 Å². The van der Waals surface area contributed by atoms with E-state index >= 15 is 0 Å². The van der Waals surface area contributed by atoms with Gasteiger partial charge in [-0.3, -0.25) is 9.78 Å². The number of aryl methyl sites for hydroxylation is 1. The summed E-state index contributed by atoms with van der Waals surface area (Å²) in [7, 11) is 0. The number of nitrogens with one attached hydrogen (secondary N) is 1. The van der Waals surface area contributed by atoms with E-state index in [1.807, 2.05) is 25.1 Å². The minimum Gasteiger partial charge on any atom is -0.343 e. The summed E-state index contributed by atoms with van der Waals surface area (Å²) < 4.78 is 2.06. The molecule has 1 aliphatic heterocycles. The highest BCUT2D eigenvalue weighted by Gasteiger charge is 2.44. The molecule has 5 nitrogen and oxygen atoms in total. The predicted octanol–water partition coefficient (Wildman–Crippen LogP) is 4.54. The summed E-state index contributed by atoms with van der Waals surface area (Å²) >= 11 is 0. The van der Waals surface area contributed by atoms with E-state index in [1.165, 1.54) is 0 Å². The largest absolute Gasteiger partial charge is 0.343 e. The maximum absolute atomic E-state index is 13.2. The minimum absolute atomic E-state index is 0.0449. The number of carbonyl (C=O) groups is 1. The van der Waals surface area contributed by atoms with Crippen molar-refractivity contribution in [3.8, 4) is 0 Å². The number of fused-ring (bicyclic) bond motifs is 1. The third-order valence-corrected chi connectivity index (χ3v) is 5.49. The normalized spacial score (nSPS) is 21.6. The number of carbonyl (C=O) groups excluding carboxylic acids is 1. The summed E-state index contributed by atoms with van der Waals surface area (Å²) in [6.07, 6.45) is 3.22. The van der Waals surface area contributed by atoms with Gasteiger partial charge in [-0.05, 0) is 51.7 Å². The highest BCUT2D eigenvalue weighted by atomic mass is 16.1. The van der Waals surface area contributed by atoms with E-state index in [0.717, 1.165) is 40.5 Å². The number of aromatic nitrogens is 3. The highest BCUT2D eigenvalue weighted by Crippen LogP contribution is 2.50. The molecular formula is C22H28N4O. The summed E-state index contributed by atoms with van der Waals surface area (Å²) in [5.74, 6) is 1.06. The van der Waals surface area contributed by atoms with Gasteiger partial charge in [0.2, 0.25) is 0 Å². The van der Waals surface area contributed by atoms with Crippen molar-refractivity contribution in [2.75, 3.05) is 5.32 Å². The Morgan fingerprint density at radius 1 is 1.22 bits per heavy atom. The molecule has 0 saturated heterocycles. The fourth-order valence-electron chi connectivity index (χ4n) is 4.40. The van der Waals surface area contributed by atoms with Crippen molar-refractivity contribution in [3.05, 3.63) is 52.6 Å². The lowest BCUT2D eigenvalue weighted by Crippen LogP contribution is -2.35. The van der Waals surface area contributed by atoms with Crippen LogP contribution in [-0.4, -0.2) is 20.5 Å². The third-order valence-electron chi connectivity index (χ3n) is 5.49. The third kappa shape index (κ3) is 2.89. The second kappa shape index (κ2) is 5.78. The molecule has 2 aromatic heterocycles. The van der Waals surface area contributed by atoms with Crippen LogP contribution in [0.25, 0.3) is 0 Å². The summed E-state index contributed by atoms with van der Waals surface area (Å²) in [4.78, 5) is 17.8. The SMILES string of the molecule is Cc1nn(C(C)(C)C)c2c1[C@@H](c1ccccn1)C1=C(CC(C)(C)CC1=O)N2. The molecule has 2 aliphatic rings. The Kier molecular flexibility index (Phi) is 3.85. The molecule has 2 aromatic rings. The van der Waals surface area contributed by atoms with Crippen LogP contribution in [-0.2, 0) is 10.3 Å². The van der Waals surface area contributed by atoms with Crippen molar-refractivity contribution in [1.82, 2.24) is 14.8 Å². The number of rotatable bonds is 1. The summed E-state index contributed by atoms with van der Waals surface area (Å²) in [6.45, 7) is 12.8. The fraction of sp³-hybridized carbons (Fsp3) is 0.500. The average molecular weight is 364 g/mol. The van der Waals surface area contributed by atoms with Crippen molar-refractivity contribution in [1.29, 1.82) is 0 Å². The van der Waals surface area contributed by atoms with E-state index in [4.69, 9.17) is 5.10 Å². The number of ketones is 1. The molecule has 27 heavy (non-hydrogen) atoms. The molecule has 0 unspecified atom stereocenters. The summed E-state index contributed by atoms with van der Waals surface area (Å²) in [5, 5.41) is 8.46. The molecule has 3 heterocycles. The summed E-state index contributed by atoms with van der Waals surface area (Å²) in [6, 6.07) is 5.92. The quantitative estimate of drug-likeness (QED) is 0.807. The maximum Gasteiger partial charge on any atom is 0.162 e. The van der Waals surface area contributed by atoms with Crippen molar-refractivity contribution < 1.29 is 4.79 Å². The Hall–Kier alpha value is -2.43. The molecule has 0 fully saturated rings. The predicted molar refractivity (Wildman–Crippen MR) is 107 cm³/mol. The standard InChI is InChI=1S/C22H28N4O/c1-13-17-19(14-9-7-8-10-23-14)18-15(11-22(5,6)12-16(18)27)24-20(17)26(25-13)21(2,3)4/h7-10,19,24H,11-12H2,1-6H3/t19-/m1/s1. The van der Waals surface area contributed by atoms with E-state index in [9.17, 15) is 4.79 Å². The molecule has 5 heteroatoms. The second-order valence-electron chi connectivity index (χ2n) is 9.58. The monoisotopic (exact) mass is 364 g/mol. The molecule has 0 spiro atoms. The second-order valence-corrected chi connectivity index (χ2v) is 9.58. The van der Waals surface area contributed by atoms with E-state index < -0.39 is 0 Å². The number of Topliss-reactive ketones (excluding diaryl/α,β-unsaturated/α-hetero) is 1. The van der Waals surface area contributed by atoms with Gasteiger partial charge in [0.25, 0.3) is 0 Å². The molecule has 1 atom stereocenters. The van der Waals surface area contributed by atoms with E-state index in [1.54, 1.807) is 6.20 Å². The Labute approximate surface area is 160 Å². The van der Waals surface area contributed by atoms with Crippen LogP contribution in [0.5, 0.6) is 0 Å². The molecule has 0 bridgehead atoms. The molecule has 142 valence electrons. The van der Waals surface area contributed by atoms with Crippen LogP contribution in [0.4, 0.5) is 5.82 Å². The number of hydrogen-bond donors (Lipinski definition) is 1. The number of anilines is 1. The van der Waals surface area contributed by atoms with Crippen LogP contribution in [0.1, 0.15) is 70.3 Å². The number of allylic oxidation sites excluding steroid dienone is 2. The van der Waals surface area contributed by atoms with Gasteiger partial charge >= 0.3 is 0 Å². The van der Waals surface area contributed by atoms with Crippen molar-refractivity contribution in [3.63, 3.8) is 0 Å². The van der Waals surface area contributed by atoms with Crippen LogP contribution in [0.2, 0.25) is 0 Å². The minimum atomic E-state index is -0.160. The van der Waals surface area contributed by atoms with Crippen LogP contribution < -0.4 is 5.32 Å². The van der Waals surface area contributed by atoms with Crippen molar-refractivity contribution in [2.24, 2.45) is 5.41 Å². The Balaban J connectivity index is 1.99. The van der Waals surface area contributed by atoms with Crippen molar-refractivity contribution >= 4 is 11.6 Å². The molecular weight excluding hydrogens is 336 g/mol. The Morgan fingerprint density at radius 3 is 2.59 bits per heavy atom. The lowest BCUT2D eigenvalue weighted by molar-refractivity contribution is -0.118. The molecule has 0 saturated carbocycles. The fourth-order valence-corrected chi connectivity index (χ4v) is 4.40. The Bertz CT molecular complexity index is 945. The topological polar surface area (TPSA) is 59.8 Å². The zero-order chi connectivity index (χ0) is 19.6. The van der Waals surface area contributed by atoms with Gasteiger partial charge in [-0.15, -0.1) is 0 Å². The maximum atomic E-state index is 13.2. The highest BCUT2D eigenvalue weighted by molar-refractivity contribution is 6.01. The molecule has 0 amide bonds. The first-order valence-electron chi connectivity index (χ1n) is 9.63. The molecule has 1 aliphatic carbocycles. The van der Waals surface area contributed by atoms with Gasteiger partial charge in [-0.1, -0.05) is 19.9 Å². The number of pyridine rings is 1. The lowest BCUT2D eigenvalue weighted by Gasteiger charge is -2.39. The zero-order valence-corrected chi connectivity index (χ0v) is 17.1. The number of hydrogen-bond acceptors (Lipinski definition) is 4. The van der Waals surface area contributed by atoms with E-state index in [-0.39, 0.29) is 22.7 Å². The van der Waals surface area contributed by atoms with Gasteiger partial charge in [-0.25, -0.2) is 4.68 Å². The van der Waals surface area contributed by atoms with Crippen LogP contribution >= 0.6 is 0 Å². The molecule has 1 N–H and O–H groups in total. The van der Waals surface area contributed by atoms with Gasteiger partial charge in [0.15, 0.2) is 5.78 Å². The van der Waals surface area contributed by atoms with Crippen molar-refractivity contribution in [2.45, 2.75) is 65.8 Å². The first-order valence-corrected chi connectivity index (χ1v) is 9.63. The molecule has 0 aromatic carbocycles. The van der Waals surface area contributed by atoms with E-state index in [2.05, 4.69) is 49.6 Å². The smallest absolute Gasteiger partial charge is 0.162 e. The van der Waals surface area contributed by atoms with Gasteiger partial charge < -0.3 is 5.32 Å². The van der Waals surface area contributed by atoms with Gasteiger partial charge in [0.1, 0.15) is 5.82 Å². The Morgan fingerprint density at radius 2 is 1.96 bits per heavy atom. The summed E-state index contributed by atoms with van der Waals surface area (Å²) in [5.41, 5.74) is 4.64.